The molecule has 2 heterocycles. The van der Waals surface area contributed by atoms with Crippen LogP contribution < -0.4 is 5.32 Å². The Morgan fingerprint density at radius 3 is 2.70 bits per heavy atom. The summed E-state index contributed by atoms with van der Waals surface area (Å²) in [5, 5.41) is 7.61. The fraction of sp³-hybridized carbons (Fsp3) is 0.867. The molecule has 1 aliphatic heterocycles. The molecular weight excluding hydrogens is 252 g/mol. The summed E-state index contributed by atoms with van der Waals surface area (Å²) < 4.78 is 5.38. The molecule has 0 saturated carbocycles. The van der Waals surface area contributed by atoms with Crippen molar-refractivity contribution in [2.75, 3.05) is 19.6 Å². The van der Waals surface area contributed by atoms with Gasteiger partial charge in [0.05, 0.1) is 6.54 Å². The minimum Gasteiger partial charge on any atom is -0.338 e. The number of rotatable bonds is 7. The van der Waals surface area contributed by atoms with Crippen LogP contribution in [-0.2, 0) is 6.54 Å². The van der Waals surface area contributed by atoms with Gasteiger partial charge in [0.15, 0.2) is 5.82 Å². The highest BCUT2D eigenvalue weighted by molar-refractivity contribution is 4.92. The van der Waals surface area contributed by atoms with Crippen LogP contribution in [-0.4, -0.2) is 40.7 Å². The van der Waals surface area contributed by atoms with Crippen LogP contribution in [0.4, 0.5) is 0 Å². The highest BCUT2D eigenvalue weighted by Crippen LogP contribution is 2.14. The highest BCUT2D eigenvalue weighted by atomic mass is 16.5. The average molecular weight is 280 g/mol. The Balaban J connectivity index is 1.94. The molecule has 0 aromatic carbocycles. The normalized spacial score (nSPS) is 19.6. The number of hydrogen-bond donors (Lipinski definition) is 1. The summed E-state index contributed by atoms with van der Waals surface area (Å²) in [6.07, 6.45) is 2.56. The van der Waals surface area contributed by atoms with E-state index in [0.717, 1.165) is 37.9 Å². The van der Waals surface area contributed by atoms with Crippen molar-refractivity contribution in [1.82, 2.24) is 20.4 Å². The second kappa shape index (κ2) is 7.18. The van der Waals surface area contributed by atoms with E-state index in [0.29, 0.717) is 17.9 Å². The third kappa shape index (κ3) is 4.56. The zero-order valence-electron chi connectivity index (χ0n) is 13.2. The Morgan fingerprint density at radius 1 is 1.35 bits per heavy atom. The smallest absolute Gasteiger partial charge is 0.240 e. The van der Waals surface area contributed by atoms with Crippen LogP contribution in [0, 0.1) is 5.92 Å². The van der Waals surface area contributed by atoms with Gasteiger partial charge < -0.3 is 9.84 Å². The highest BCUT2D eigenvalue weighted by Gasteiger charge is 2.20. The molecule has 20 heavy (non-hydrogen) atoms. The van der Waals surface area contributed by atoms with Gasteiger partial charge in [-0.1, -0.05) is 32.9 Å². The van der Waals surface area contributed by atoms with Gasteiger partial charge in [0, 0.05) is 25.0 Å². The third-order valence-electron chi connectivity index (χ3n) is 3.62. The number of nitrogens with zero attached hydrogens (tertiary/aromatic N) is 3. The maximum atomic E-state index is 5.38. The molecule has 5 nitrogen and oxygen atoms in total. The first-order valence-corrected chi connectivity index (χ1v) is 7.82. The summed E-state index contributed by atoms with van der Waals surface area (Å²) in [7, 11) is 0. The standard InChI is InChI=1S/C15H28N4O/c1-11(2)8-19(9-13-6-5-7-16-13)10-14-17-15(12(3)4)18-20-14/h11-13,16H,5-10H2,1-4H3. The maximum absolute atomic E-state index is 5.38. The predicted molar refractivity (Wildman–Crippen MR) is 79.5 cm³/mol. The molecule has 5 heteroatoms. The summed E-state index contributed by atoms with van der Waals surface area (Å²) in [6.45, 7) is 12.7. The largest absolute Gasteiger partial charge is 0.338 e. The SMILES string of the molecule is CC(C)CN(Cc1nc(C(C)C)no1)CC1CCCN1. The molecule has 0 amide bonds. The van der Waals surface area contributed by atoms with Gasteiger partial charge in [-0.3, -0.25) is 4.90 Å². The summed E-state index contributed by atoms with van der Waals surface area (Å²) in [5.74, 6) is 2.52. The predicted octanol–water partition coefficient (Wildman–Crippen LogP) is 2.40. The fourth-order valence-electron chi connectivity index (χ4n) is 2.70. The van der Waals surface area contributed by atoms with Crippen LogP contribution in [0.1, 0.15) is 58.2 Å². The Kier molecular flexibility index (Phi) is 5.54. The zero-order valence-corrected chi connectivity index (χ0v) is 13.2. The first kappa shape index (κ1) is 15.4. The van der Waals surface area contributed by atoms with Gasteiger partial charge in [-0.25, -0.2) is 0 Å². The number of nitrogens with one attached hydrogen (secondary N) is 1. The maximum Gasteiger partial charge on any atom is 0.240 e. The first-order valence-electron chi connectivity index (χ1n) is 7.82. The van der Waals surface area contributed by atoms with E-state index >= 15 is 0 Å². The monoisotopic (exact) mass is 280 g/mol. The van der Waals surface area contributed by atoms with Crippen molar-refractivity contribution in [3.63, 3.8) is 0 Å². The quantitative estimate of drug-likeness (QED) is 0.831. The van der Waals surface area contributed by atoms with Gasteiger partial charge in [-0.05, 0) is 25.3 Å². The van der Waals surface area contributed by atoms with Crippen LogP contribution >= 0.6 is 0 Å². The molecule has 0 spiro atoms. The minimum atomic E-state index is 0.322. The van der Waals surface area contributed by atoms with Crippen molar-refractivity contribution < 1.29 is 4.52 Å². The molecule has 114 valence electrons. The van der Waals surface area contributed by atoms with E-state index in [2.05, 4.69) is 48.1 Å². The van der Waals surface area contributed by atoms with E-state index in [9.17, 15) is 0 Å². The van der Waals surface area contributed by atoms with Crippen molar-refractivity contribution in [3.05, 3.63) is 11.7 Å². The summed E-state index contributed by atoms with van der Waals surface area (Å²) >= 11 is 0. The van der Waals surface area contributed by atoms with Crippen molar-refractivity contribution in [2.45, 2.75) is 59.0 Å². The van der Waals surface area contributed by atoms with E-state index in [4.69, 9.17) is 4.52 Å². The van der Waals surface area contributed by atoms with Crippen LogP contribution in [0.3, 0.4) is 0 Å². The van der Waals surface area contributed by atoms with Crippen molar-refractivity contribution in [1.29, 1.82) is 0 Å². The van der Waals surface area contributed by atoms with E-state index in [1.165, 1.54) is 12.8 Å². The second-order valence-corrected chi connectivity index (χ2v) is 6.58. The molecule has 2 rings (SSSR count). The van der Waals surface area contributed by atoms with Gasteiger partial charge in [-0.2, -0.15) is 4.98 Å². The summed E-state index contributed by atoms with van der Waals surface area (Å²) in [5.41, 5.74) is 0. The molecule has 1 N–H and O–H groups in total. The molecule has 1 saturated heterocycles. The van der Waals surface area contributed by atoms with Crippen LogP contribution in [0.15, 0.2) is 4.52 Å². The molecule has 1 aliphatic rings. The van der Waals surface area contributed by atoms with Crippen molar-refractivity contribution in [2.24, 2.45) is 5.92 Å². The lowest BCUT2D eigenvalue weighted by Crippen LogP contribution is -2.39. The van der Waals surface area contributed by atoms with Crippen LogP contribution in [0.2, 0.25) is 0 Å². The van der Waals surface area contributed by atoms with Gasteiger partial charge in [0.1, 0.15) is 0 Å². The second-order valence-electron chi connectivity index (χ2n) is 6.58. The van der Waals surface area contributed by atoms with Gasteiger partial charge in [0.2, 0.25) is 5.89 Å². The van der Waals surface area contributed by atoms with E-state index < -0.39 is 0 Å². The van der Waals surface area contributed by atoms with Gasteiger partial charge >= 0.3 is 0 Å². The zero-order chi connectivity index (χ0) is 14.5. The lowest BCUT2D eigenvalue weighted by Gasteiger charge is -2.25. The molecule has 1 aromatic heterocycles. The molecule has 0 bridgehead atoms. The average Bonchev–Trinajstić information content (AvgIpc) is 2.99. The Labute approximate surface area is 122 Å². The van der Waals surface area contributed by atoms with Crippen LogP contribution in [0.25, 0.3) is 0 Å². The Morgan fingerprint density at radius 2 is 2.15 bits per heavy atom. The minimum absolute atomic E-state index is 0.322. The molecule has 0 aliphatic carbocycles. The van der Waals surface area contributed by atoms with E-state index in [1.54, 1.807) is 0 Å². The van der Waals surface area contributed by atoms with E-state index in [-0.39, 0.29) is 0 Å². The third-order valence-corrected chi connectivity index (χ3v) is 3.62. The molecule has 1 fully saturated rings. The summed E-state index contributed by atoms with van der Waals surface area (Å²) in [6, 6.07) is 0.612. The lowest BCUT2D eigenvalue weighted by atomic mass is 10.1. The Bertz CT molecular complexity index is 396. The lowest BCUT2D eigenvalue weighted by molar-refractivity contribution is 0.190. The molecular formula is C15H28N4O. The number of hydrogen-bond acceptors (Lipinski definition) is 5. The molecule has 1 aromatic rings. The van der Waals surface area contributed by atoms with Crippen molar-refractivity contribution >= 4 is 0 Å². The molecule has 1 atom stereocenters. The topological polar surface area (TPSA) is 54.2 Å². The first-order chi connectivity index (χ1) is 9.54. The molecule has 1 unspecified atom stereocenters. The van der Waals surface area contributed by atoms with Crippen LogP contribution in [0.5, 0.6) is 0 Å². The summed E-state index contributed by atoms with van der Waals surface area (Å²) in [4.78, 5) is 6.93. The molecule has 0 radical (unpaired) electrons. The number of aromatic nitrogens is 2. The Hall–Kier alpha value is -0.940. The fourth-order valence-corrected chi connectivity index (χ4v) is 2.70. The van der Waals surface area contributed by atoms with Gasteiger partial charge in [-0.15, -0.1) is 0 Å². The van der Waals surface area contributed by atoms with E-state index in [1.807, 2.05) is 0 Å². The van der Waals surface area contributed by atoms with Gasteiger partial charge in [0.25, 0.3) is 0 Å². The van der Waals surface area contributed by atoms with Crippen molar-refractivity contribution in [3.8, 4) is 0 Å².